The zero-order chi connectivity index (χ0) is 15.5. The van der Waals surface area contributed by atoms with Crippen LogP contribution in [0.5, 0.6) is 5.75 Å². The summed E-state index contributed by atoms with van der Waals surface area (Å²) in [4.78, 5) is 12.0. The maximum absolute atomic E-state index is 12.0. The van der Waals surface area contributed by atoms with Crippen LogP contribution in [-0.4, -0.2) is 22.3 Å². The minimum absolute atomic E-state index is 0.0661. The summed E-state index contributed by atoms with van der Waals surface area (Å²) < 4.78 is 7.30. The average molecular weight is 320 g/mol. The molecule has 1 N–H and O–H groups in total. The Labute approximate surface area is 134 Å². The Morgan fingerprint density at radius 2 is 2.32 bits per heavy atom. The Balaban J connectivity index is 1.57. The van der Waals surface area contributed by atoms with Crippen molar-refractivity contribution in [3.8, 4) is 5.75 Å². The van der Waals surface area contributed by atoms with E-state index in [1.54, 1.807) is 36.5 Å². The topological polar surface area (TPSA) is 56.2 Å². The molecule has 1 heterocycles. The molecule has 1 aromatic carbocycles. The molecule has 1 amide bonds. The van der Waals surface area contributed by atoms with E-state index in [1.165, 1.54) is 12.8 Å². The van der Waals surface area contributed by atoms with Crippen LogP contribution in [0.1, 0.15) is 25.8 Å². The number of anilines is 1. The normalized spacial score (nSPS) is 15.4. The first-order valence-electron chi connectivity index (χ1n) is 7.35. The van der Waals surface area contributed by atoms with Crippen LogP contribution >= 0.6 is 11.6 Å². The molecule has 1 atom stereocenters. The maximum Gasteiger partial charge on any atom is 0.263 e. The highest BCUT2D eigenvalue weighted by molar-refractivity contribution is 6.30. The van der Waals surface area contributed by atoms with Gasteiger partial charge in [-0.3, -0.25) is 4.79 Å². The number of carbonyl (C=O) groups is 1. The van der Waals surface area contributed by atoms with Crippen LogP contribution in [-0.2, 0) is 4.79 Å². The number of benzene rings is 1. The number of halogens is 1. The van der Waals surface area contributed by atoms with Crippen molar-refractivity contribution >= 4 is 23.3 Å². The van der Waals surface area contributed by atoms with Crippen LogP contribution in [0.25, 0.3) is 0 Å². The molecule has 0 spiro atoms. The number of ether oxygens (including phenoxy) is 1. The zero-order valence-electron chi connectivity index (χ0n) is 12.3. The predicted molar refractivity (Wildman–Crippen MR) is 85.2 cm³/mol. The van der Waals surface area contributed by atoms with Crippen LogP contribution in [0, 0.1) is 5.92 Å². The maximum atomic E-state index is 12.0. The number of nitrogens with zero attached hydrogens (tertiary/aromatic N) is 2. The molecule has 0 aliphatic heterocycles. The molecule has 1 aromatic heterocycles. The summed E-state index contributed by atoms with van der Waals surface area (Å²) in [7, 11) is 0. The highest BCUT2D eigenvalue weighted by atomic mass is 35.5. The quantitative estimate of drug-likeness (QED) is 0.886. The lowest BCUT2D eigenvalue weighted by atomic mass is 10.2. The molecular formula is C16H18ClN3O2. The highest BCUT2D eigenvalue weighted by Crippen LogP contribution is 2.40. The lowest BCUT2D eigenvalue weighted by Gasteiger charge is -2.15. The zero-order valence-corrected chi connectivity index (χ0v) is 13.1. The lowest BCUT2D eigenvalue weighted by molar-refractivity contribution is -0.118. The summed E-state index contributed by atoms with van der Waals surface area (Å²) in [5.41, 5.74) is 0. The van der Waals surface area contributed by atoms with E-state index >= 15 is 0 Å². The number of nitrogens with one attached hydrogen (secondary N) is 1. The molecular weight excluding hydrogens is 302 g/mol. The van der Waals surface area contributed by atoms with Crippen molar-refractivity contribution in [1.82, 2.24) is 9.78 Å². The van der Waals surface area contributed by atoms with Crippen LogP contribution in [0.15, 0.2) is 36.5 Å². The van der Waals surface area contributed by atoms with E-state index in [1.807, 2.05) is 4.68 Å². The molecule has 5 nitrogen and oxygen atoms in total. The second-order valence-corrected chi connectivity index (χ2v) is 5.97. The van der Waals surface area contributed by atoms with Crippen molar-refractivity contribution in [2.45, 2.75) is 25.8 Å². The lowest BCUT2D eigenvalue weighted by Crippen LogP contribution is -2.23. The van der Waals surface area contributed by atoms with Crippen LogP contribution in [0.3, 0.4) is 0 Å². The molecule has 6 heteroatoms. The van der Waals surface area contributed by atoms with Crippen molar-refractivity contribution in [2.75, 3.05) is 11.9 Å². The molecule has 1 saturated carbocycles. The monoisotopic (exact) mass is 319 g/mol. The summed E-state index contributed by atoms with van der Waals surface area (Å²) in [6.07, 6.45) is 4.16. The molecule has 116 valence electrons. The van der Waals surface area contributed by atoms with Crippen LogP contribution in [0.2, 0.25) is 5.02 Å². The van der Waals surface area contributed by atoms with Crippen LogP contribution < -0.4 is 10.1 Å². The van der Waals surface area contributed by atoms with Gasteiger partial charge in [0.2, 0.25) is 0 Å². The average Bonchev–Trinajstić information content (AvgIpc) is 3.25. The second kappa shape index (κ2) is 6.40. The summed E-state index contributed by atoms with van der Waals surface area (Å²) in [5.74, 6) is 1.73. The molecule has 2 aromatic rings. The number of amides is 1. The predicted octanol–water partition coefficient (Wildman–Crippen LogP) is 3.53. The highest BCUT2D eigenvalue weighted by Gasteiger charge is 2.30. The number of hydrogen-bond acceptors (Lipinski definition) is 3. The van der Waals surface area contributed by atoms with E-state index in [0.29, 0.717) is 28.5 Å². The van der Waals surface area contributed by atoms with Crippen molar-refractivity contribution in [1.29, 1.82) is 0 Å². The van der Waals surface area contributed by atoms with Gasteiger partial charge in [0.05, 0.1) is 12.2 Å². The summed E-state index contributed by atoms with van der Waals surface area (Å²) in [5, 5.41) is 7.72. The first-order chi connectivity index (χ1) is 10.6. The summed E-state index contributed by atoms with van der Waals surface area (Å²) in [6, 6.07) is 9.08. The van der Waals surface area contributed by atoms with Crippen LogP contribution in [0.4, 0.5) is 5.82 Å². The van der Waals surface area contributed by atoms with Gasteiger partial charge in [0, 0.05) is 11.1 Å². The summed E-state index contributed by atoms with van der Waals surface area (Å²) >= 11 is 5.87. The number of aromatic nitrogens is 2. The molecule has 3 rings (SSSR count). The molecule has 0 bridgehead atoms. The van der Waals surface area contributed by atoms with Gasteiger partial charge < -0.3 is 10.1 Å². The van der Waals surface area contributed by atoms with Gasteiger partial charge in [-0.25, -0.2) is 4.68 Å². The van der Waals surface area contributed by atoms with Crippen molar-refractivity contribution in [3.63, 3.8) is 0 Å². The Morgan fingerprint density at radius 1 is 1.50 bits per heavy atom. The van der Waals surface area contributed by atoms with Crippen molar-refractivity contribution in [2.24, 2.45) is 5.92 Å². The van der Waals surface area contributed by atoms with Crippen molar-refractivity contribution in [3.05, 3.63) is 41.6 Å². The van der Waals surface area contributed by atoms with Gasteiger partial charge in [-0.05, 0) is 43.9 Å². The van der Waals surface area contributed by atoms with Gasteiger partial charge in [-0.2, -0.15) is 5.10 Å². The fourth-order valence-electron chi connectivity index (χ4n) is 2.40. The second-order valence-electron chi connectivity index (χ2n) is 5.53. The summed E-state index contributed by atoms with van der Waals surface area (Å²) in [6.45, 7) is 2.06. The first kappa shape index (κ1) is 14.9. The van der Waals surface area contributed by atoms with Gasteiger partial charge in [0.1, 0.15) is 11.6 Å². The Bertz CT molecular complexity index is 667. The minimum atomic E-state index is -0.218. The standard InChI is InChI=1S/C16H18ClN3O2/c1-11(12-5-6-12)20-15(7-8-18-20)19-16(21)10-22-14-4-2-3-13(17)9-14/h2-4,7-9,11-12H,5-6,10H2,1H3,(H,19,21)/t11-/m1/s1. The Kier molecular flexibility index (Phi) is 4.34. The Hall–Kier alpha value is -2.01. The van der Waals surface area contributed by atoms with E-state index in [9.17, 15) is 4.79 Å². The SMILES string of the molecule is C[C@H](C1CC1)n1nccc1NC(=O)COc1cccc(Cl)c1. The smallest absolute Gasteiger partial charge is 0.263 e. The van der Waals surface area contributed by atoms with Gasteiger partial charge in [-0.1, -0.05) is 17.7 Å². The van der Waals surface area contributed by atoms with Crippen molar-refractivity contribution < 1.29 is 9.53 Å². The van der Waals surface area contributed by atoms with Gasteiger partial charge in [0.25, 0.3) is 5.91 Å². The third kappa shape index (κ3) is 3.60. The number of rotatable bonds is 6. The van der Waals surface area contributed by atoms with E-state index in [2.05, 4.69) is 17.3 Å². The largest absolute Gasteiger partial charge is 0.484 e. The first-order valence-corrected chi connectivity index (χ1v) is 7.73. The molecule has 1 aliphatic carbocycles. The number of hydrogen-bond donors (Lipinski definition) is 1. The number of carbonyl (C=O) groups excluding carboxylic acids is 1. The van der Waals surface area contributed by atoms with Gasteiger partial charge in [-0.15, -0.1) is 0 Å². The minimum Gasteiger partial charge on any atom is -0.484 e. The molecule has 1 aliphatic rings. The molecule has 1 fully saturated rings. The Morgan fingerprint density at radius 3 is 3.05 bits per heavy atom. The van der Waals surface area contributed by atoms with E-state index in [4.69, 9.17) is 16.3 Å². The van der Waals surface area contributed by atoms with Gasteiger partial charge in [0.15, 0.2) is 6.61 Å². The fraction of sp³-hybridized carbons (Fsp3) is 0.375. The third-order valence-electron chi connectivity index (χ3n) is 3.79. The molecule has 22 heavy (non-hydrogen) atoms. The molecule has 0 saturated heterocycles. The van der Waals surface area contributed by atoms with E-state index in [-0.39, 0.29) is 12.5 Å². The third-order valence-corrected chi connectivity index (χ3v) is 4.03. The fourth-order valence-corrected chi connectivity index (χ4v) is 2.58. The van der Waals surface area contributed by atoms with Gasteiger partial charge >= 0.3 is 0 Å². The van der Waals surface area contributed by atoms with E-state index < -0.39 is 0 Å². The molecule has 0 unspecified atom stereocenters. The molecule has 0 radical (unpaired) electrons. The van der Waals surface area contributed by atoms with E-state index in [0.717, 1.165) is 0 Å².